The maximum Gasteiger partial charge on any atom is 0.265 e. The molecule has 2 heterocycles. The summed E-state index contributed by atoms with van der Waals surface area (Å²) in [4.78, 5) is 26.6. The van der Waals surface area contributed by atoms with Crippen molar-refractivity contribution < 1.29 is 5.11 Å². The van der Waals surface area contributed by atoms with Crippen LogP contribution in [-0.4, -0.2) is 32.9 Å². The summed E-state index contributed by atoms with van der Waals surface area (Å²) >= 11 is 6.02. The zero-order valence-electron chi connectivity index (χ0n) is 16.5. The highest BCUT2D eigenvalue weighted by molar-refractivity contribution is 6.30. The minimum Gasteiger partial charge on any atom is -0.508 e. The monoisotopic (exact) mass is 431 g/mol. The summed E-state index contributed by atoms with van der Waals surface area (Å²) in [5.74, 6) is 0.0503. The first kappa shape index (κ1) is 20.3. The number of pyridine rings is 1. The summed E-state index contributed by atoms with van der Waals surface area (Å²) in [6, 6.07) is 15.2. The van der Waals surface area contributed by atoms with Gasteiger partial charge >= 0.3 is 0 Å². The van der Waals surface area contributed by atoms with Gasteiger partial charge in [0.25, 0.3) is 5.56 Å². The molecule has 7 nitrogen and oxygen atoms in total. The molecule has 3 N–H and O–H groups in total. The lowest BCUT2D eigenvalue weighted by molar-refractivity contribution is 0.475. The van der Waals surface area contributed by atoms with Crippen molar-refractivity contribution in [1.82, 2.24) is 14.5 Å². The van der Waals surface area contributed by atoms with Crippen LogP contribution < -0.4 is 11.3 Å². The van der Waals surface area contributed by atoms with E-state index in [2.05, 4.69) is 9.98 Å². The number of hydrogen-bond acceptors (Lipinski definition) is 6. The molecule has 31 heavy (non-hydrogen) atoms. The molecule has 2 aromatic carbocycles. The fraction of sp³-hybridized carbons (Fsp3) is 0.0435. The predicted molar refractivity (Wildman–Crippen MR) is 124 cm³/mol. The summed E-state index contributed by atoms with van der Waals surface area (Å²) < 4.78 is 1.37. The molecule has 0 spiro atoms. The molecular formula is C23H18ClN5O2. The second-order valence-corrected chi connectivity index (χ2v) is 7.14. The van der Waals surface area contributed by atoms with Crippen molar-refractivity contribution in [1.29, 1.82) is 0 Å². The van der Waals surface area contributed by atoms with E-state index in [1.54, 1.807) is 43.6 Å². The number of aliphatic imine (C=N–C) groups is 1. The molecule has 0 unspecified atom stereocenters. The lowest BCUT2D eigenvalue weighted by Gasteiger charge is -2.12. The van der Waals surface area contributed by atoms with Gasteiger partial charge in [0.1, 0.15) is 23.3 Å². The molecule has 154 valence electrons. The first-order chi connectivity index (χ1) is 15.0. The summed E-state index contributed by atoms with van der Waals surface area (Å²) in [7, 11) is 1.62. The number of hydrogen-bond donors (Lipinski definition) is 2. The molecule has 0 aliphatic rings. The Morgan fingerprint density at radius 2 is 1.97 bits per heavy atom. The second kappa shape index (κ2) is 8.41. The van der Waals surface area contributed by atoms with Crippen molar-refractivity contribution >= 4 is 34.3 Å². The molecule has 8 heteroatoms. The Hall–Kier alpha value is -3.97. The number of rotatable bonds is 4. The number of fused-ring (bicyclic) bond motifs is 1. The van der Waals surface area contributed by atoms with Crippen molar-refractivity contribution in [2.75, 3.05) is 7.05 Å². The Bertz CT molecular complexity index is 1390. The molecule has 0 atom stereocenters. The maximum absolute atomic E-state index is 13.4. The molecule has 0 saturated heterocycles. The van der Waals surface area contributed by atoms with Gasteiger partial charge < -0.3 is 10.8 Å². The molecule has 2 aromatic heterocycles. The van der Waals surface area contributed by atoms with Crippen LogP contribution in [0.5, 0.6) is 5.75 Å². The average molecular weight is 432 g/mol. The lowest BCUT2D eigenvalue weighted by atomic mass is 10.1. The predicted octanol–water partition coefficient (Wildman–Crippen LogP) is 3.81. The number of allylic oxidation sites excluding steroid dienone is 1. The van der Waals surface area contributed by atoms with Crippen LogP contribution >= 0.6 is 11.6 Å². The summed E-state index contributed by atoms with van der Waals surface area (Å²) in [5.41, 5.74) is 8.73. The van der Waals surface area contributed by atoms with E-state index in [0.29, 0.717) is 38.6 Å². The van der Waals surface area contributed by atoms with Crippen molar-refractivity contribution in [3.63, 3.8) is 0 Å². The van der Waals surface area contributed by atoms with E-state index in [1.807, 2.05) is 12.1 Å². The molecule has 0 saturated carbocycles. The zero-order valence-corrected chi connectivity index (χ0v) is 17.3. The van der Waals surface area contributed by atoms with E-state index in [4.69, 9.17) is 22.3 Å². The Labute approximate surface area is 182 Å². The van der Waals surface area contributed by atoms with Gasteiger partial charge in [-0.15, -0.1) is 0 Å². The Morgan fingerprint density at radius 1 is 1.19 bits per heavy atom. The SMILES string of the molecule is CN=CC(=CN)c1nc(-c2ccc(Cl)cc2)cc2c(=O)n(-c3cccc(O)c3)cnc12. The number of benzene rings is 2. The van der Waals surface area contributed by atoms with Gasteiger partial charge in [-0.1, -0.05) is 29.8 Å². The molecular weight excluding hydrogens is 414 g/mol. The van der Waals surface area contributed by atoms with E-state index in [-0.39, 0.29) is 11.3 Å². The highest BCUT2D eigenvalue weighted by Crippen LogP contribution is 2.27. The minimum atomic E-state index is -0.306. The van der Waals surface area contributed by atoms with Gasteiger partial charge in [-0.05, 0) is 30.3 Å². The summed E-state index contributed by atoms with van der Waals surface area (Å²) in [6.45, 7) is 0. The van der Waals surface area contributed by atoms with E-state index in [0.717, 1.165) is 5.56 Å². The molecule has 0 radical (unpaired) electrons. The minimum absolute atomic E-state index is 0.0503. The normalized spacial score (nSPS) is 12.0. The van der Waals surface area contributed by atoms with Crippen LogP contribution in [0.4, 0.5) is 0 Å². The van der Waals surface area contributed by atoms with Gasteiger partial charge in [-0.3, -0.25) is 14.4 Å². The van der Waals surface area contributed by atoms with Crippen molar-refractivity contribution in [2.24, 2.45) is 10.7 Å². The number of nitrogens with zero attached hydrogens (tertiary/aromatic N) is 4. The average Bonchev–Trinajstić information content (AvgIpc) is 2.78. The fourth-order valence-electron chi connectivity index (χ4n) is 3.25. The van der Waals surface area contributed by atoms with Gasteiger partial charge in [-0.25, -0.2) is 9.97 Å². The number of aromatic hydroxyl groups is 1. The largest absolute Gasteiger partial charge is 0.508 e. The first-order valence-electron chi connectivity index (χ1n) is 9.34. The smallest absolute Gasteiger partial charge is 0.265 e. The van der Waals surface area contributed by atoms with Crippen LogP contribution in [0.2, 0.25) is 5.02 Å². The summed E-state index contributed by atoms with van der Waals surface area (Å²) in [6.07, 6.45) is 4.35. The highest BCUT2D eigenvalue weighted by Gasteiger charge is 2.16. The quantitative estimate of drug-likeness (QED) is 0.478. The molecule has 0 fully saturated rings. The van der Waals surface area contributed by atoms with Crippen molar-refractivity contribution in [2.45, 2.75) is 0 Å². The number of nitrogens with two attached hydrogens (primary N) is 1. The van der Waals surface area contributed by atoms with Gasteiger partial charge in [0.15, 0.2) is 0 Å². The standard InChI is InChI=1S/C23H18ClN5O2/c1-26-12-15(11-25)21-22-19(10-20(28-21)14-5-7-16(24)8-6-14)23(31)29(13-27-22)17-3-2-4-18(30)9-17/h2-13,30H,25H2,1H3. The van der Waals surface area contributed by atoms with Crippen LogP contribution in [0.1, 0.15) is 5.69 Å². The molecule has 0 bridgehead atoms. The zero-order chi connectivity index (χ0) is 22.0. The van der Waals surface area contributed by atoms with Crippen LogP contribution in [0.15, 0.2) is 76.9 Å². The Kier molecular flexibility index (Phi) is 5.51. The topological polar surface area (TPSA) is 106 Å². The third-order valence-electron chi connectivity index (χ3n) is 4.71. The number of phenolic OH excluding ortho intramolecular Hbond substituents is 1. The van der Waals surface area contributed by atoms with Crippen molar-refractivity contribution in [3.05, 3.63) is 88.2 Å². The number of halogens is 1. The van der Waals surface area contributed by atoms with Crippen LogP contribution in [0.25, 0.3) is 33.4 Å². The lowest BCUT2D eigenvalue weighted by Crippen LogP contribution is -2.20. The van der Waals surface area contributed by atoms with E-state index < -0.39 is 0 Å². The molecule has 4 aromatic rings. The van der Waals surface area contributed by atoms with Crippen LogP contribution in [-0.2, 0) is 0 Å². The van der Waals surface area contributed by atoms with Gasteiger partial charge in [-0.2, -0.15) is 0 Å². The fourth-order valence-corrected chi connectivity index (χ4v) is 3.37. The van der Waals surface area contributed by atoms with E-state index in [1.165, 1.54) is 29.2 Å². The van der Waals surface area contributed by atoms with Gasteiger partial charge in [0.2, 0.25) is 0 Å². The van der Waals surface area contributed by atoms with Crippen molar-refractivity contribution in [3.8, 4) is 22.7 Å². The van der Waals surface area contributed by atoms with E-state index >= 15 is 0 Å². The Balaban J connectivity index is 2.05. The highest BCUT2D eigenvalue weighted by atomic mass is 35.5. The second-order valence-electron chi connectivity index (χ2n) is 6.71. The van der Waals surface area contributed by atoms with Crippen LogP contribution in [0.3, 0.4) is 0 Å². The number of aromatic nitrogens is 3. The van der Waals surface area contributed by atoms with Gasteiger partial charge in [0.05, 0.1) is 16.8 Å². The molecule has 4 rings (SSSR count). The third kappa shape index (κ3) is 3.91. The first-order valence-corrected chi connectivity index (χ1v) is 9.72. The Morgan fingerprint density at radius 3 is 2.65 bits per heavy atom. The molecule has 0 aliphatic heterocycles. The maximum atomic E-state index is 13.4. The van der Waals surface area contributed by atoms with E-state index in [9.17, 15) is 9.90 Å². The third-order valence-corrected chi connectivity index (χ3v) is 4.97. The van der Waals surface area contributed by atoms with Crippen LogP contribution in [0, 0.1) is 0 Å². The van der Waals surface area contributed by atoms with Gasteiger partial charge in [0, 0.05) is 41.7 Å². The number of phenols is 1. The molecule has 0 amide bonds. The molecule has 0 aliphatic carbocycles. The summed E-state index contributed by atoms with van der Waals surface area (Å²) in [5, 5.41) is 10.8.